The Labute approximate surface area is 159 Å². The van der Waals surface area contributed by atoms with E-state index >= 15 is 0 Å². The molecule has 2 fully saturated rings. The Balaban J connectivity index is 1.57. The average molecular weight is 417 g/mol. The van der Waals surface area contributed by atoms with E-state index in [4.69, 9.17) is 0 Å². The zero-order valence-electron chi connectivity index (χ0n) is 14.5. The van der Waals surface area contributed by atoms with Crippen LogP contribution in [0.15, 0.2) is 30.6 Å². The molecule has 3 heterocycles. The zero-order valence-corrected chi connectivity index (χ0v) is 14.5. The van der Waals surface area contributed by atoms with Crippen molar-refractivity contribution in [3.63, 3.8) is 0 Å². The lowest BCUT2D eigenvalue weighted by atomic mass is 10.0. The highest BCUT2D eigenvalue weighted by atomic mass is 19.4. The van der Waals surface area contributed by atoms with Crippen LogP contribution in [0.4, 0.5) is 26.3 Å². The molecule has 12 heteroatoms. The second-order valence-corrected chi connectivity index (χ2v) is 6.70. The number of rotatable bonds is 3. The molecular formula is C17H13F6N5O. The Morgan fingerprint density at radius 1 is 1.03 bits per heavy atom. The first kappa shape index (κ1) is 19.4. The summed E-state index contributed by atoms with van der Waals surface area (Å²) >= 11 is 0. The van der Waals surface area contributed by atoms with Crippen LogP contribution >= 0.6 is 0 Å². The number of hydrogen-bond donors (Lipinski definition) is 1. The van der Waals surface area contributed by atoms with E-state index in [9.17, 15) is 31.1 Å². The molecule has 2 aromatic rings. The number of carbonyl (C=O) groups is 1. The number of nitrogens with one attached hydrogen (secondary N) is 1. The van der Waals surface area contributed by atoms with Crippen LogP contribution in [0.1, 0.15) is 11.1 Å². The molecule has 154 valence electrons. The Kier molecular flexibility index (Phi) is 4.41. The number of halogens is 6. The van der Waals surface area contributed by atoms with Gasteiger partial charge in [-0.3, -0.25) is 4.79 Å². The van der Waals surface area contributed by atoms with Gasteiger partial charge in [-0.2, -0.15) is 26.3 Å². The number of alkyl halides is 6. The molecule has 1 aromatic heterocycles. The number of carbonyl (C=O) groups excluding carboxylic acids is 1. The topological polar surface area (TPSA) is 62.8 Å². The molecule has 2 unspecified atom stereocenters. The Morgan fingerprint density at radius 3 is 2.17 bits per heavy atom. The molecule has 1 N–H and O–H groups in total. The van der Waals surface area contributed by atoms with Crippen molar-refractivity contribution in [1.29, 1.82) is 0 Å². The van der Waals surface area contributed by atoms with E-state index in [1.165, 1.54) is 12.3 Å². The number of fused-ring (bicyclic) bond motifs is 1. The number of aromatic nitrogens is 3. The zero-order chi connectivity index (χ0) is 21.0. The fourth-order valence-corrected chi connectivity index (χ4v) is 3.30. The maximum Gasteiger partial charge on any atom is 0.416 e. The fraction of sp³-hybridized carbons (Fsp3) is 0.353. The van der Waals surface area contributed by atoms with Crippen LogP contribution in [0.25, 0.3) is 17.6 Å². The van der Waals surface area contributed by atoms with Crippen LogP contribution in [0.3, 0.4) is 0 Å². The molecular weight excluding hydrogens is 404 g/mol. The normalized spacial score (nSPS) is 21.7. The number of benzene rings is 1. The highest BCUT2D eigenvalue weighted by molar-refractivity contribution is 5.92. The minimum atomic E-state index is -4.96. The molecule has 2 saturated heterocycles. The molecule has 6 nitrogen and oxygen atoms in total. The molecule has 0 bridgehead atoms. The van der Waals surface area contributed by atoms with Crippen molar-refractivity contribution in [2.24, 2.45) is 0 Å². The molecule has 2 atom stereocenters. The van der Waals surface area contributed by atoms with Crippen LogP contribution in [-0.2, 0) is 17.1 Å². The predicted molar refractivity (Wildman–Crippen MR) is 88.1 cm³/mol. The van der Waals surface area contributed by atoms with Crippen LogP contribution in [0, 0.1) is 0 Å². The molecule has 0 radical (unpaired) electrons. The standard InChI is InChI=1S/C17H13F6N5O/c18-16(19,20)10-3-9(4-11(5-10)17(21,22)23)15-25-8-27(26-15)2-1-14(29)28-12-6-24-7-13(12)28/h1-5,8,12-13,24H,6-7H2/b2-1-. The first-order valence-electron chi connectivity index (χ1n) is 8.46. The molecule has 1 amide bonds. The minimum absolute atomic E-state index is 0.0366. The average Bonchev–Trinajstić information content (AvgIpc) is 3.01. The molecule has 2 aliphatic rings. The number of amides is 1. The second-order valence-electron chi connectivity index (χ2n) is 6.70. The molecule has 2 aliphatic heterocycles. The predicted octanol–water partition coefficient (Wildman–Crippen LogP) is 2.64. The Morgan fingerprint density at radius 2 is 1.62 bits per heavy atom. The summed E-state index contributed by atoms with van der Waals surface area (Å²) in [6.07, 6.45) is -6.35. The fourth-order valence-electron chi connectivity index (χ4n) is 3.30. The summed E-state index contributed by atoms with van der Waals surface area (Å²) < 4.78 is 78.9. The van der Waals surface area contributed by atoms with E-state index in [0.717, 1.165) is 24.1 Å². The van der Waals surface area contributed by atoms with Gasteiger partial charge in [-0.25, -0.2) is 9.67 Å². The van der Waals surface area contributed by atoms with Gasteiger partial charge in [-0.1, -0.05) is 0 Å². The quantitative estimate of drug-likeness (QED) is 0.474. The van der Waals surface area contributed by atoms with Crippen molar-refractivity contribution in [3.05, 3.63) is 41.7 Å². The molecule has 0 saturated carbocycles. The Hall–Kier alpha value is -2.89. The largest absolute Gasteiger partial charge is 0.416 e. The molecule has 29 heavy (non-hydrogen) atoms. The number of nitrogens with zero attached hydrogens (tertiary/aromatic N) is 4. The Bertz CT molecular complexity index is 937. The van der Waals surface area contributed by atoms with Crippen molar-refractivity contribution >= 4 is 12.1 Å². The van der Waals surface area contributed by atoms with Gasteiger partial charge in [0.15, 0.2) is 5.82 Å². The van der Waals surface area contributed by atoms with Crippen LogP contribution in [-0.4, -0.2) is 50.7 Å². The summed E-state index contributed by atoms with van der Waals surface area (Å²) in [6, 6.07) is 1.45. The van der Waals surface area contributed by atoms with E-state index < -0.39 is 29.0 Å². The van der Waals surface area contributed by atoms with E-state index in [0.29, 0.717) is 12.1 Å². The van der Waals surface area contributed by atoms with Crippen LogP contribution in [0.5, 0.6) is 0 Å². The monoisotopic (exact) mass is 417 g/mol. The lowest BCUT2D eigenvalue weighted by Gasteiger charge is -2.13. The first-order valence-corrected chi connectivity index (χ1v) is 8.46. The number of hydrogen-bond acceptors (Lipinski definition) is 4. The summed E-state index contributed by atoms with van der Waals surface area (Å²) in [5.74, 6) is -0.580. The molecule has 0 spiro atoms. The van der Waals surface area contributed by atoms with E-state index in [-0.39, 0.29) is 29.9 Å². The van der Waals surface area contributed by atoms with Gasteiger partial charge in [0.2, 0.25) is 5.91 Å². The first-order chi connectivity index (χ1) is 13.5. The van der Waals surface area contributed by atoms with Crippen LogP contribution < -0.4 is 5.32 Å². The van der Waals surface area contributed by atoms with Gasteiger partial charge in [-0.05, 0) is 18.2 Å². The summed E-state index contributed by atoms with van der Waals surface area (Å²) in [4.78, 5) is 17.5. The van der Waals surface area contributed by atoms with Gasteiger partial charge in [0.25, 0.3) is 0 Å². The van der Waals surface area contributed by atoms with Gasteiger partial charge in [0.05, 0.1) is 23.2 Å². The summed E-state index contributed by atoms with van der Waals surface area (Å²) in [7, 11) is 0. The lowest BCUT2D eigenvalue weighted by Crippen LogP contribution is -2.26. The van der Waals surface area contributed by atoms with E-state index in [1.807, 2.05) is 0 Å². The third-order valence-corrected chi connectivity index (χ3v) is 4.75. The maximum absolute atomic E-state index is 13.0. The summed E-state index contributed by atoms with van der Waals surface area (Å²) in [5, 5.41) is 6.98. The summed E-state index contributed by atoms with van der Waals surface area (Å²) in [5.41, 5.74) is -3.34. The SMILES string of the molecule is O=C(/C=C\n1cnc(-c2cc(C(F)(F)F)cc(C(F)(F)F)c2)n1)N1C2CNCC21. The van der Waals surface area contributed by atoms with Gasteiger partial charge in [-0.15, -0.1) is 5.10 Å². The van der Waals surface area contributed by atoms with Gasteiger partial charge in [0, 0.05) is 30.9 Å². The second kappa shape index (κ2) is 6.58. The van der Waals surface area contributed by atoms with E-state index in [1.54, 1.807) is 4.90 Å². The third kappa shape index (κ3) is 3.84. The van der Waals surface area contributed by atoms with Crippen molar-refractivity contribution in [2.45, 2.75) is 24.4 Å². The maximum atomic E-state index is 13.0. The van der Waals surface area contributed by atoms with Crippen LogP contribution in [0.2, 0.25) is 0 Å². The lowest BCUT2D eigenvalue weighted by molar-refractivity contribution is -0.143. The van der Waals surface area contributed by atoms with Crippen molar-refractivity contribution in [3.8, 4) is 11.4 Å². The van der Waals surface area contributed by atoms with Gasteiger partial charge < -0.3 is 10.2 Å². The highest BCUT2D eigenvalue weighted by Crippen LogP contribution is 2.38. The molecule has 1 aromatic carbocycles. The third-order valence-electron chi connectivity index (χ3n) is 4.75. The van der Waals surface area contributed by atoms with Crippen molar-refractivity contribution < 1.29 is 31.1 Å². The number of piperazine rings is 1. The smallest absolute Gasteiger partial charge is 0.326 e. The van der Waals surface area contributed by atoms with Gasteiger partial charge >= 0.3 is 12.4 Å². The molecule has 4 rings (SSSR count). The van der Waals surface area contributed by atoms with Gasteiger partial charge in [0.1, 0.15) is 6.33 Å². The van der Waals surface area contributed by atoms with Crippen molar-refractivity contribution in [1.82, 2.24) is 25.0 Å². The van der Waals surface area contributed by atoms with E-state index in [2.05, 4.69) is 15.4 Å². The summed E-state index contributed by atoms with van der Waals surface area (Å²) in [6.45, 7) is 1.43. The van der Waals surface area contributed by atoms with Crippen molar-refractivity contribution in [2.75, 3.05) is 13.1 Å². The molecule has 0 aliphatic carbocycles. The highest BCUT2D eigenvalue weighted by Gasteiger charge is 2.52. The minimum Gasteiger partial charge on any atom is -0.326 e.